The van der Waals surface area contributed by atoms with Crippen LogP contribution < -0.4 is 14.8 Å². The van der Waals surface area contributed by atoms with Crippen LogP contribution in [-0.2, 0) is 4.74 Å². The van der Waals surface area contributed by atoms with Crippen LogP contribution in [0.25, 0.3) is 0 Å². The van der Waals surface area contributed by atoms with Gasteiger partial charge in [0.05, 0.1) is 6.61 Å². The van der Waals surface area contributed by atoms with E-state index < -0.39 is 0 Å². The van der Waals surface area contributed by atoms with Crippen molar-refractivity contribution in [3.05, 3.63) is 66.2 Å². The topological polar surface area (TPSA) is 56.8 Å². The molecule has 25 heavy (non-hydrogen) atoms. The van der Waals surface area contributed by atoms with Crippen molar-refractivity contribution in [2.45, 2.75) is 6.92 Å². The fourth-order valence-corrected chi connectivity index (χ4v) is 2.04. The van der Waals surface area contributed by atoms with E-state index in [1.807, 2.05) is 31.2 Å². The first-order valence-electron chi connectivity index (χ1n) is 7.99. The molecule has 0 fully saturated rings. The monoisotopic (exact) mass is 341 g/mol. The largest absolute Gasteiger partial charge is 0.491 e. The SMILES string of the molecule is C=C(C)COc1cccc(C(=O)Nc2cccc(OCCOC)c2)c1. The molecular weight excluding hydrogens is 318 g/mol. The zero-order valence-corrected chi connectivity index (χ0v) is 14.6. The Balaban J connectivity index is 2.00. The van der Waals surface area contributed by atoms with E-state index in [1.165, 1.54) is 0 Å². The summed E-state index contributed by atoms with van der Waals surface area (Å²) in [5.74, 6) is 1.09. The van der Waals surface area contributed by atoms with E-state index in [1.54, 1.807) is 31.4 Å². The molecule has 132 valence electrons. The van der Waals surface area contributed by atoms with Gasteiger partial charge in [0.25, 0.3) is 5.91 Å². The molecule has 0 atom stereocenters. The van der Waals surface area contributed by atoms with Crippen molar-refractivity contribution in [1.29, 1.82) is 0 Å². The Morgan fingerprint density at radius 3 is 2.48 bits per heavy atom. The Morgan fingerprint density at radius 2 is 1.76 bits per heavy atom. The van der Waals surface area contributed by atoms with Gasteiger partial charge in [-0.1, -0.05) is 18.7 Å². The summed E-state index contributed by atoms with van der Waals surface area (Å²) in [6.45, 7) is 7.07. The van der Waals surface area contributed by atoms with Crippen molar-refractivity contribution in [2.75, 3.05) is 32.2 Å². The molecule has 0 spiro atoms. The fourth-order valence-electron chi connectivity index (χ4n) is 2.04. The number of hydrogen-bond acceptors (Lipinski definition) is 4. The molecule has 0 saturated heterocycles. The maximum atomic E-state index is 12.4. The van der Waals surface area contributed by atoms with E-state index >= 15 is 0 Å². The van der Waals surface area contributed by atoms with Crippen molar-refractivity contribution in [2.24, 2.45) is 0 Å². The summed E-state index contributed by atoms with van der Waals surface area (Å²) < 4.78 is 16.1. The van der Waals surface area contributed by atoms with E-state index in [0.717, 1.165) is 5.57 Å². The van der Waals surface area contributed by atoms with Gasteiger partial charge in [-0.15, -0.1) is 0 Å². The van der Waals surface area contributed by atoms with Crippen LogP contribution in [0.1, 0.15) is 17.3 Å². The van der Waals surface area contributed by atoms with Crippen molar-refractivity contribution in [3.8, 4) is 11.5 Å². The highest BCUT2D eigenvalue weighted by Gasteiger charge is 2.08. The van der Waals surface area contributed by atoms with Crippen LogP contribution in [-0.4, -0.2) is 32.8 Å². The molecule has 0 unspecified atom stereocenters. The number of carbonyl (C=O) groups excluding carboxylic acids is 1. The van der Waals surface area contributed by atoms with Gasteiger partial charge in [-0.3, -0.25) is 4.79 Å². The number of methoxy groups -OCH3 is 1. The Hall–Kier alpha value is -2.79. The summed E-state index contributed by atoms with van der Waals surface area (Å²) in [5.41, 5.74) is 2.10. The molecule has 0 aromatic heterocycles. The highest BCUT2D eigenvalue weighted by Crippen LogP contribution is 2.19. The van der Waals surface area contributed by atoms with Gasteiger partial charge in [0.1, 0.15) is 24.7 Å². The number of ether oxygens (including phenoxy) is 3. The average molecular weight is 341 g/mol. The maximum Gasteiger partial charge on any atom is 0.255 e. The molecule has 0 aliphatic carbocycles. The van der Waals surface area contributed by atoms with E-state index in [2.05, 4.69) is 11.9 Å². The lowest BCUT2D eigenvalue weighted by atomic mass is 10.2. The molecule has 2 aromatic carbocycles. The molecular formula is C20H23NO4. The van der Waals surface area contributed by atoms with Crippen LogP contribution in [0.15, 0.2) is 60.7 Å². The minimum absolute atomic E-state index is 0.213. The third-order valence-electron chi connectivity index (χ3n) is 3.23. The first kappa shape index (κ1) is 18.5. The van der Waals surface area contributed by atoms with E-state index in [0.29, 0.717) is 42.6 Å². The predicted molar refractivity (Wildman–Crippen MR) is 98.5 cm³/mol. The second-order valence-corrected chi connectivity index (χ2v) is 5.60. The summed E-state index contributed by atoms with van der Waals surface area (Å²) in [7, 11) is 1.62. The van der Waals surface area contributed by atoms with E-state index in [-0.39, 0.29) is 5.91 Å². The summed E-state index contributed by atoms with van der Waals surface area (Å²) in [4.78, 5) is 12.4. The van der Waals surface area contributed by atoms with Crippen molar-refractivity contribution in [1.82, 2.24) is 0 Å². The number of carbonyl (C=O) groups is 1. The van der Waals surface area contributed by atoms with Crippen molar-refractivity contribution >= 4 is 11.6 Å². The normalized spacial score (nSPS) is 10.2. The number of hydrogen-bond donors (Lipinski definition) is 1. The lowest BCUT2D eigenvalue weighted by molar-refractivity contribution is 0.102. The second-order valence-electron chi connectivity index (χ2n) is 5.60. The molecule has 5 nitrogen and oxygen atoms in total. The first-order valence-corrected chi connectivity index (χ1v) is 7.99. The van der Waals surface area contributed by atoms with Gasteiger partial charge in [-0.05, 0) is 42.8 Å². The van der Waals surface area contributed by atoms with Crippen LogP contribution >= 0.6 is 0 Å². The number of benzene rings is 2. The lowest BCUT2D eigenvalue weighted by Crippen LogP contribution is -2.12. The van der Waals surface area contributed by atoms with Crippen molar-refractivity contribution < 1.29 is 19.0 Å². The Kier molecular flexibility index (Phi) is 7.04. The Morgan fingerprint density at radius 1 is 1.04 bits per heavy atom. The highest BCUT2D eigenvalue weighted by atomic mass is 16.5. The third-order valence-corrected chi connectivity index (χ3v) is 3.23. The molecule has 2 rings (SSSR count). The van der Waals surface area contributed by atoms with Crippen LogP contribution in [0.3, 0.4) is 0 Å². The summed E-state index contributed by atoms with van der Waals surface area (Å²) in [5, 5.41) is 2.86. The number of rotatable bonds is 9. The van der Waals surface area contributed by atoms with E-state index in [9.17, 15) is 4.79 Å². The van der Waals surface area contributed by atoms with Crippen LogP contribution in [0, 0.1) is 0 Å². The first-order chi connectivity index (χ1) is 12.1. The minimum Gasteiger partial charge on any atom is -0.491 e. The summed E-state index contributed by atoms with van der Waals surface area (Å²) >= 11 is 0. The van der Waals surface area contributed by atoms with Gasteiger partial charge in [0.2, 0.25) is 0 Å². The molecule has 0 saturated carbocycles. The molecule has 0 aliphatic heterocycles. The number of anilines is 1. The van der Waals surface area contributed by atoms with Gasteiger partial charge in [0, 0.05) is 24.4 Å². The summed E-state index contributed by atoms with van der Waals surface area (Å²) in [6, 6.07) is 14.3. The smallest absolute Gasteiger partial charge is 0.255 e. The Bertz CT molecular complexity index is 727. The molecule has 5 heteroatoms. The van der Waals surface area contributed by atoms with Gasteiger partial charge in [0.15, 0.2) is 0 Å². The zero-order chi connectivity index (χ0) is 18.1. The van der Waals surface area contributed by atoms with Gasteiger partial charge in [-0.2, -0.15) is 0 Å². The van der Waals surface area contributed by atoms with Crippen LogP contribution in [0.2, 0.25) is 0 Å². The quantitative estimate of drug-likeness (QED) is 0.555. The summed E-state index contributed by atoms with van der Waals surface area (Å²) in [6.07, 6.45) is 0. The molecule has 2 aromatic rings. The van der Waals surface area contributed by atoms with Crippen LogP contribution in [0.5, 0.6) is 11.5 Å². The molecule has 1 amide bonds. The average Bonchev–Trinajstić information content (AvgIpc) is 2.61. The fraction of sp³-hybridized carbons (Fsp3) is 0.250. The highest BCUT2D eigenvalue weighted by molar-refractivity contribution is 6.04. The molecule has 0 bridgehead atoms. The predicted octanol–water partition coefficient (Wildman–Crippen LogP) is 3.92. The van der Waals surface area contributed by atoms with Gasteiger partial charge >= 0.3 is 0 Å². The molecule has 1 N–H and O–H groups in total. The van der Waals surface area contributed by atoms with Crippen molar-refractivity contribution in [3.63, 3.8) is 0 Å². The minimum atomic E-state index is -0.213. The van der Waals surface area contributed by atoms with Gasteiger partial charge < -0.3 is 19.5 Å². The van der Waals surface area contributed by atoms with Gasteiger partial charge in [-0.25, -0.2) is 0 Å². The number of amides is 1. The molecule has 0 radical (unpaired) electrons. The third kappa shape index (κ3) is 6.31. The zero-order valence-electron chi connectivity index (χ0n) is 14.6. The standard InChI is InChI=1S/C20H23NO4/c1-15(2)14-25-18-8-4-6-16(12-18)20(22)21-17-7-5-9-19(13-17)24-11-10-23-3/h4-9,12-13H,1,10-11,14H2,2-3H3,(H,21,22). The Labute approximate surface area is 148 Å². The lowest BCUT2D eigenvalue weighted by Gasteiger charge is -2.10. The second kappa shape index (κ2) is 9.49. The van der Waals surface area contributed by atoms with E-state index in [4.69, 9.17) is 14.2 Å². The molecule has 0 heterocycles. The molecule has 0 aliphatic rings. The number of nitrogens with one attached hydrogen (secondary N) is 1. The maximum absolute atomic E-state index is 12.4. The van der Waals surface area contributed by atoms with Crippen LogP contribution in [0.4, 0.5) is 5.69 Å².